The van der Waals surface area contributed by atoms with Gasteiger partial charge in [-0.25, -0.2) is 0 Å². The van der Waals surface area contributed by atoms with Crippen LogP contribution in [0.4, 0.5) is 5.00 Å². The third-order valence-electron chi connectivity index (χ3n) is 4.46. The fourth-order valence-electron chi connectivity index (χ4n) is 3.11. The Bertz CT molecular complexity index is 547. The Morgan fingerprint density at radius 3 is 2.38 bits per heavy atom. The Morgan fingerprint density at radius 1 is 1.19 bits per heavy atom. The number of likely N-dealkylation sites (N-methyl/N-ethyl adjacent to an activating group) is 1. The summed E-state index contributed by atoms with van der Waals surface area (Å²) in [6.07, 6.45) is 3.91. The van der Waals surface area contributed by atoms with Crippen molar-refractivity contribution in [2.45, 2.75) is 31.6 Å². The molecule has 4 heteroatoms. The molecule has 1 fully saturated rings. The van der Waals surface area contributed by atoms with Crippen molar-refractivity contribution in [2.24, 2.45) is 0 Å². The van der Waals surface area contributed by atoms with Crippen LogP contribution in [0.5, 0.6) is 0 Å². The zero-order valence-electron chi connectivity index (χ0n) is 12.2. The second-order valence-electron chi connectivity index (χ2n) is 5.61. The summed E-state index contributed by atoms with van der Waals surface area (Å²) in [6.45, 7) is 4.43. The van der Waals surface area contributed by atoms with Crippen LogP contribution in [0.2, 0.25) is 5.02 Å². The van der Waals surface area contributed by atoms with Crippen LogP contribution in [0.3, 0.4) is 0 Å². The average molecular weight is 342 g/mol. The summed E-state index contributed by atoms with van der Waals surface area (Å²) in [4.78, 5) is 2.51. The van der Waals surface area contributed by atoms with Gasteiger partial charge in [0.2, 0.25) is 0 Å². The lowest BCUT2D eigenvalue weighted by Crippen LogP contribution is -2.45. The largest absolute Gasteiger partial charge is 0.363 e. The van der Waals surface area contributed by atoms with Crippen LogP contribution in [-0.4, -0.2) is 13.1 Å². The molecule has 0 radical (unpaired) electrons. The molecule has 1 aromatic heterocycles. The van der Waals surface area contributed by atoms with Gasteiger partial charge >= 0.3 is 0 Å². The zero-order valence-corrected chi connectivity index (χ0v) is 14.6. The number of thiophene rings is 1. The predicted molar refractivity (Wildman–Crippen MR) is 96.4 cm³/mol. The number of benzene rings is 1. The molecule has 21 heavy (non-hydrogen) atoms. The molecule has 0 amide bonds. The molecule has 1 heterocycles. The zero-order chi connectivity index (χ0) is 14.0. The highest BCUT2D eigenvalue weighted by molar-refractivity contribution is 7.14. The van der Waals surface area contributed by atoms with Crippen molar-refractivity contribution in [1.29, 1.82) is 0 Å². The first-order valence-electron chi connectivity index (χ1n) is 7.28. The molecule has 114 valence electrons. The molecule has 2 aromatic rings. The third-order valence-corrected chi connectivity index (χ3v) is 5.64. The van der Waals surface area contributed by atoms with Gasteiger partial charge in [-0.15, -0.1) is 23.7 Å². The van der Waals surface area contributed by atoms with Crippen molar-refractivity contribution in [3.63, 3.8) is 0 Å². The Morgan fingerprint density at radius 2 is 1.90 bits per heavy atom. The van der Waals surface area contributed by atoms with Crippen LogP contribution in [0, 0.1) is 0 Å². The van der Waals surface area contributed by atoms with Gasteiger partial charge in [-0.05, 0) is 55.0 Å². The first kappa shape index (κ1) is 16.7. The second kappa shape index (κ2) is 7.04. The van der Waals surface area contributed by atoms with Gasteiger partial charge < -0.3 is 4.90 Å². The van der Waals surface area contributed by atoms with Crippen molar-refractivity contribution >= 4 is 40.3 Å². The van der Waals surface area contributed by atoms with Crippen LogP contribution in [-0.2, 0) is 5.41 Å². The Kier molecular flexibility index (Phi) is 5.59. The average Bonchev–Trinajstić information content (AvgIpc) is 2.94. The van der Waals surface area contributed by atoms with E-state index in [0.717, 1.165) is 18.1 Å². The monoisotopic (exact) mass is 341 g/mol. The van der Waals surface area contributed by atoms with Crippen LogP contribution in [0.25, 0.3) is 0 Å². The van der Waals surface area contributed by atoms with E-state index in [-0.39, 0.29) is 12.4 Å². The SMILES string of the molecule is CCN(CC1(c2ccc(Cl)cc2)CCC1)c1cccs1.Cl. The van der Waals surface area contributed by atoms with E-state index in [1.165, 1.54) is 29.8 Å². The Labute approximate surface area is 142 Å². The summed E-state index contributed by atoms with van der Waals surface area (Å²) in [5.41, 5.74) is 1.77. The van der Waals surface area contributed by atoms with Gasteiger partial charge in [0, 0.05) is 23.5 Å². The Balaban J connectivity index is 0.00000161. The first-order chi connectivity index (χ1) is 9.73. The molecule has 1 nitrogen and oxygen atoms in total. The van der Waals surface area contributed by atoms with Crippen molar-refractivity contribution in [1.82, 2.24) is 0 Å². The smallest absolute Gasteiger partial charge is 0.0908 e. The lowest BCUT2D eigenvalue weighted by Gasteiger charge is -2.46. The van der Waals surface area contributed by atoms with E-state index < -0.39 is 0 Å². The molecule has 0 aliphatic heterocycles. The topological polar surface area (TPSA) is 3.24 Å². The fourth-order valence-corrected chi connectivity index (χ4v) is 4.03. The van der Waals surface area contributed by atoms with Gasteiger partial charge in [-0.1, -0.05) is 30.2 Å². The molecule has 1 aromatic carbocycles. The lowest BCUT2D eigenvalue weighted by molar-refractivity contribution is 0.248. The van der Waals surface area contributed by atoms with Crippen LogP contribution in [0.15, 0.2) is 41.8 Å². The summed E-state index contributed by atoms with van der Waals surface area (Å²) in [5.74, 6) is 0. The number of hydrogen-bond acceptors (Lipinski definition) is 2. The minimum absolute atomic E-state index is 0. The van der Waals surface area contributed by atoms with Crippen molar-refractivity contribution in [3.8, 4) is 0 Å². The number of nitrogens with zero attached hydrogens (tertiary/aromatic N) is 1. The van der Waals surface area contributed by atoms with Gasteiger partial charge in [0.25, 0.3) is 0 Å². The van der Waals surface area contributed by atoms with E-state index >= 15 is 0 Å². The highest BCUT2D eigenvalue weighted by atomic mass is 35.5. The maximum absolute atomic E-state index is 6.03. The van der Waals surface area contributed by atoms with Gasteiger partial charge in [-0.2, -0.15) is 0 Å². The van der Waals surface area contributed by atoms with E-state index in [1.807, 2.05) is 23.5 Å². The van der Waals surface area contributed by atoms with Gasteiger partial charge in [0.15, 0.2) is 0 Å². The molecule has 3 rings (SSSR count). The summed E-state index contributed by atoms with van der Waals surface area (Å²) in [7, 11) is 0. The van der Waals surface area contributed by atoms with Crippen LogP contribution in [0.1, 0.15) is 31.7 Å². The van der Waals surface area contributed by atoms with Gasteiger partial charge in [-0.3, -0.25) is 0 Å². The molecule has 0 saturated heterocycles. The molecular formula is C17H21Cl2NS. The van der Waals surface area contributed by atoms with E-state index in [2.05, 4.69) is 41.5 Å². The molecule has 0 spiro atoms. The second-order valence-corrected chi connectivity index (χ2v) is 6.97. The van der Waals surface area contributed by atoms with Crippen LogP contribution < -0.4 is 4.90 Å². The highest BCUT2D eigenvalue weighted by Crippen LogP contribution is 2.45. The fraction of sp³-hybridized carbons (Fsp3) is 0.412. The summed E-state index contributed by atoms with van der Waals surface area (Å²) in [6, 6.07) is 12.8. The van der Waals surface area contributed by atoms with E-state index in [0.29, 0.717) is 5.41 Å². The number of hydrogen-bond donors (Lipinski definition) is 0. The molecule has 0 unspecified atom stereocenters. The number of halogens is 2. The standard InChI is InChI=1S/C17H20ClNS.ClH/c1-2-19(16-5-3-12-20-16)13-17(10-4-11-17)14-6-8-15(18)9-7-14;/h3,5-9,12H,2,4,10-11,13H2,1H3;1H. The normalized spacial score (nSPS) is 15.9. The molecule has 0 bridgehead atoms. The highest BCUT2D eigenvalue weighted by Gasteiger charge is 2.40. The maximum Gasteiger partial charge on any atom is 0.0908 e. The first-order valence-corrected chi connectivity index (χ1v) is 8.54. The molecule has 1 saturated carbocycles. The third kappa shape index (κ3) is 3.39. The summed E-state index contributed by atoms with van der Waals surface area (Å²) in [5, 5.41) is 4.37. The lowest BCUT2D eigenvalue weighted by atomic mass is 9.64. The quantitative estimate of drug-likeness (QED) is 0.666. The van der Waals surface area contributed by atoms with Crippen molar-refractivity contribution in [2.75, 3.05) is 18.0 Å². The van der Waals surface area contributed by atoms with E-state index in [4.69, 9.17) is 11.6 Å². The Hall–Kier alpha value is -0.700. The molecule has 1 aliphatic rings. The summed E-state index contributed by atoms with van der Waals surface area (Å²) >= 11 is 7.86. The molecule has 0 N–H and O–H groups in total. The molecular weight excluding hydrogens is 321 g/mol. The van der Waals surface area contributed by atoms with Crippen molar-refractivity contribution in [3.05, 3.63) is 52.4 Å². The van der Waals surface area contributed by atoms with Gasteiger partial charge in [0.1, 0.15) is 0 Å². The summed E-state index contributed by atoms with van der Waals surface area (Å²) < 4.78 is 0. The molecule has 1 aliphatic carbocycles. The van der Waals surface area contributed by atoms with E-state index in [1.54, 1.807) is 0 Å². The molecule has 0 atom stereocenters. The minimum Gasteiger partial charge on any atom is -0.363 e. The predicted octanol–water partition coefficient (Wildman–Crippen LogP) is 5.77. The minimum atomic E-state index is 0. The van der Waals surface area contributed by atoms with Crippen LogP contribution >= 0.6 is 35.3 Å². The van der Waals surface area contributed by atoms with Gasteiger partial charge in [0.05, 0.1) is 5.00 Å². The number of anilines is 1. The maximum atomic E-state index is 6.03. The van der Waals surface area contributed by atoms with E-state index in [9.17, 15) is 0 Å². The van der Waals surface area contributed by atoms with Crippen molar-refractivity contribution < 1.29 is 0 Å². The number of rotatable bonds is 5.